The number of benzene rings is 1. The third kappa shape index (κ3) is 2.29. The maximum atomic E-state index is 10.9. The molecule has 5 nitrogen and oxygen atoms in total. The molecule has 0 atom stereocenters. The van der Waals surface area contributed by atoms with Gasteiger partial charge in [-0.1, -0.05) is 12.1 Å². The van der Waals surface area contributed by atoms with Crippen molar-refractivity contribution in [1.82, 2.24) is 9.97 Å². The van der Waals surface area contributed by atoms with Gasteiger partial charge in [0.1, 0.15) is 0 Å². The molecule has 1 aromatic carbocycles. The number of nitrogens with two attached hydrogens (primary N) is 1. The van der Waals surface area contributed by atoms with E-state index in [0.717, 1.165) is 11.1 Å². The Morgan fingerprint density at radius 2 is 1.89 bits per heavy atom. The van der Waals surface area contributed by atoms with E-state index in [-0.39, 0.29) is 11.6 Å². The van der Waals surface area contributed by atoms with Crippen LogP contribution in [0.1, 0.15) is 21.6 Å². The summed E-state index contributed by atoms with van der Waals surface area (Å²) in [5.74, 6) is -1.16. The summed E-state index contributed by atoms with van der Waals surface area (Å²) in [6.45, 7) is 4.00. The predicted octanol–water partition coefficient (Wildman–Crippen LogP) is 2.04. The minimum atomic E-state index is -1.12. The number of aromatic nitrogens is 2. The Kier molecular flexibility index (Phi) is 2.97. The lowest BCUT2D eigenvalue weighted by molar-refractivity contribution is 0.0690. The molecule has 3 N–H and O–H groups in total. The van der Waals surface area contributed by atoms with Gasteiger partial charge in [0, 0.05) is 5.56 Å². The summed E-state index contributed by atoms with van der Waals surface area (Å²) in [7, 11) is 0. The molecule has 18 heavy (non-hydrogen) atoms. The summed E-state index contributed by atoms with van der Waals surface area (Å²) in [4.78, 5) is 18.6. The van der Waals surface area contributed by atoms with E-state index in [0.29, 0.717) is 5.69 Å². The molecule has 0 saturated carbocycles. The third-order valence-electron chi connectivity index (χ3n) is 2.77. The van der Waals surface area contributed by atoms with Crippen molar-refractivity contribution < 1.29 is 9.90 Å². The topological polar surface area (TPSA) is 89.1 Å². The van der Waals surface area contributed by atoms with E-state index in [1.807, 2.05) is 32.0 Å². The number of aryl methyl sites for hydroxylation is 2. The first-order valence-electron chi connectivity index (χ1n) is 5.43. The van der Waals surface area contributed by atoms with Crippen molar-refractivity contribution in [3.8, 4) is 11.3 Å². The Balaban J connectivity index is 2.56. The van der Waals surface area contributed by atoms with Gasteiger partial charge in [-0.2, -0.15) is 0 Å². The Bertz CT molecular complexity index is 624. The highest BCUT2D eigenvalue weighted by Gasteiger charge is 2.10. The summed E-state index contributed by atoms with van der Waals surface area (Å²) >= 11 is 0. The van der Waals surface area contributed by atoms with Gasteiger partial charge in [-0.25, -0.2) is 14.8 Å². The molecule has 0 bridgehead atoms. The van der Waals surface area contributed by atoms with E-state index in [2.05, 4.69) is 9.97 Å². The first-order valence-corrected chi connectivity index (χ1v) is 5.43. The van der Waals surface area contributed by atoms with E-state index >= 15 is 0 Å². The summed E-state index contributed by atoms with van der Waals surface area (Å²) in [6.07, 6.45) is 0. The van der Waals surface area contributed by atoms with Crippen LogP contribution in [0, 0.1) is 13.8 Å². The molecule has 0 aliphatic carbocycles. The maximum Gasteiger partial charge on any atom is 0.354 e. The van der Waals surface area contributed by atoms with Crippen molar-refractivity contribution in [1.29, 1.82) is 0 Å². The van der Waals surface area contributed by atoms with Gasteiger partial charge in [0.2, 0.25) is 5.95 Å². The average Bonchev–Trinajstić information content (AvgIpc) is 2.31. The summed E-state index contributed by atoms with van der Waals surface area (Å²) < 4.78 is 0. The Hall–Kier alpha value is -2.43. The highest BCUT2D eigenvalue weighted by atomic mass is 16.4. The van der Waals surface area contributed by atoms with Crippen molar-refractivity contribution in [2.75, 3.05) is 5.73 Å². The van der Waals surface area contributed by atoms with Crippen LogP contribution in [0.3, 0.4) is 0 Å². The Labute approximate surface area is 104 Å². The quantitative estimate of drug-likeness (QED) is 0.842. The zero-order valence-electron chi connectivity index (χ0n) is 10.1. The highest BCUT2D eigenvalue weighted by Crippen LogP contribution is 2.21. The highest BCUT2D eigenvalue weighted by molar-refractivity contribution is 5.87. The van der Waals surface area contributed by atoms with Gasteiger partial charge in [0.15, 0.2) is 5.69 Å². The van der Waals surface area contributed by atoms with Crippen molar-refractivity contribution in [2.24, 2.45) is 0 Å². The van der Waals surface area contributed by atoms with Crippen LogP contribution in [0.2, 0.25) is 0 Å². The van der Waals surface area contributed by atoms with Crippen LogP contribution >= 0.6 is 0 Å². The number of carboxylic acid groups (broad SMARTS) is 1. The zero-order chi connectivity index (χ0) is 13.3. The number of hydrogen-bond acceptors (Lipinski definition) is 4. The van der Waals surface area contributed by atoms with Crippen LogP contribution in [0.4, 0.5) is 5.95 Å². The van der Waals surface area contributed by atoms with E-state index in [1.54, 1.807) is 0 Å². The number of rotatable bonds is 2. The Morgan fingerprint density at radius 3 is 2.50 bits per heavy atom. The molecule has 0 saturated heterocycles. The molecular formula is C13H13N3O2. The van der Waals surface area contributed by atoms with E-state index < -0.39 is 5.97 Å². The fourth-order valence-electron chi connectivity index (χ4n) is 1.62. The molecule has 0 radical (unpaired) electrons. The molecule has 0 fully saturated rings. The van der Waals surface area contributed by atoms with Crippen LogP contribution in [0.15, 0.2) is 24.3 Å². The van der Waals surface area contributed by atoms with Gasteiger partial charge >= 0.3 is 5.97 Å². The lowest BCUT2D eigenvalue weighted by atomic mass is 10.0. The van der Waals surface area contributed by atoms with Crippen molar-refractivity contribution >= 4 is 11.9 Å². The van der Waals surface area contributed by atoms with Crippen LogP contribution in [-0.2, 0) is 0 Å². The first kappa shape index (κ1) is 12.0. The van der Waals surface area contributed by atoms with Gasteiger partial charge in [-0.15, -0.1) is 0 Å². The molecule has 5 heteroatoms. The van der Waals surface area contributed by atoms with E-state index in [9.17, 15) is 4.79 Å². The fourth-order valence-corrected chi connectivity index (χ4v) is 1.62. The Morgan fingerprint density at radius 1 is 1.17 bits per heavy atom. The number of nitrogens with zero attached hydrogens (tertiary/aromatic N) is 2. The number of carboxylic acids is 1. The second-order valence-electron chi connectivity index (χ2n) is 4.10. The lowest BCUT2D eigenvalue weighted by Crippen LogP contribution is -2.06. The number of anilines is 1. The third-order valence-corrected chi connectivity index (χ3v) is 2.77. The van der Waals surface area contributed by atoms with Gasteiger partial charge < -0.3 is 10.8 Å². The molecular weight excluding hydrogens is 230 g/mol. The standard InChI is InChI=1S/C13H13N3O2/c1-7-3-4-9(5-8(7)2)10-6-11(12(17)18)16-13(14)15-10/h3-6H,1-2H3,(H,17,18)(H2,14,15,16). The SMILES string of the molecule is Cc1ccc(-c2cc(C(=O)O)nc(N)n2)cc1C. The second-order valence-corrected chi connectivity index (χ2v) is 4.10. The molecule has 2 aromatic rings. The monoisotopic (exact) mass is 243 g/mol. The number of nitrogen functional groups attached to an aromatic ring is 1. The molecule has 0 amide bonds. The zero-order valence-corrected chi connectivity index (χ0v) is 10.1. The van der Waals surface area contributed by atoms with Crippen LogP contribution in [0.25, 0.3) is 11.3 Å². The van der Waals surface area contributed by atoms with Gasteiger partial charge in [-0.3, -0.25) is 0 Å². The summed E-state index contributed by atoms with van der Waals surface area (Å²) in [6, 6.07) is 7.21. The minimum Gasteiger partial charge on any atom is -0.477 e. The second kappa shape index (κ2) is 4.44. The number of aromatic carboxylic acids is 1. The smallest absolute Gasteiger partial charge is 0.354 e. The largest absolute Gasteiger partial charge is 0.477 e. The summed E-state index contributed by atoms with van der Waals surface area (Å²) in [5.41, 5.74) is 9.04. The van der Waals surface area contributed by atoms with Gasteiger partial charge in [-0.05, 0) is 37.1 Å². The van der Waals surface area contributed by atoms with Crippen molar-refractivity contribution in [2.45, 2.75) is 13.8 Å². The molecule has 92 valence electrons. The molecule has 1 aromatic heterocycles. The van der Waals surface area contributed by atoms with E-state index in [1.165, 1.54) is 11.6 Å². The van der Waals surface area contributed by atoms with Crippen LogP contribution in [-0.4, -0.2) is 21.0 Å². The number of carbonyl (C=O) groups is 1. The fraction of sp³-hybridized carbons (Fsp3) is 0.154. The molecule has 2 rings (SSSR count). The molecule has 0 aliphatic heterocycles. The van der Waals surface area contributed by atoms with Gasteiger partial charge in [0.05, 0.1) is 5.69 Å². The number of hydrogen-bond donors (Lipinski definition) is 2. The first-order chi connectivity index (χ1) is 8.47. The normalized spacial score (nSPS) is 10.3. The van der Waals surface area contributed by atoms with Crippen molar-refractivity contribution in [3.05, 3.63) is 41.1 Å². The minimum absolute atomic E-state index is 0.0388. The van der Waals surface area contributed by atoms with Crippen molar-refractivity contribution in [3.63, 3.8) is 0 Å². The molecule has 1 heterocycles. The molecule has 0 aliphatic rings. The predicted molar refractivity (Wildman–Crippen MR) is 68.3 cm³/mol. The lowest BCUT2D eigenvalue weighted by Gasteiger charge is -2.06. The molecule has 0 unspecified atom stereocenters. The van der Waals surface area contributed by atoms with E-state index in [4.69, 9.17) is 10.8 Å². The maximum absolute atomic E-state index is 10.9. The van der Waals surface area contributed by atoms with Crippen LogP contribution < -0.4 is 5.73 Å². The average molecular weight is 243 g/mol. The van der Waals surface area contributed by atoms with Gasteiger partial charge in [0.25, 0.3) is 0 Å². The van der Waals surface area contributed by atoms with Crippen LogP contribution in [0.5, 0.6) is 0 Å². The summed E-state index contributed by atoms with van der Waals surface area (Å²) in [5, 5.41) is 8.93. The molecule has 0 spiro atoms.